The monoisotopic (exact) mass is 230 g/mol. The van der Waals surface area contributed by atoms with Crippen molar-refractivity contribution in [3.8, 4) is 5.75 Å². The fourth-order valence-corrected chi connectivity index (χ4v) is 1.62. The Kier molecular flexibility index (Phi) is 2.95. The molecular weight excluding hydrogens is 216 g/mol. The van der Waals surface area contributed by atoms with Crippen LogP contribution < -0.4 is 4.74 Å². The molecule has 4 nitrogen and oxygen atoms in total. The predicted molar refractivity (Wildman–Crippen MR) is 64.3 cm³/mol. The Labute approximate surface area is 99.8 Å². The van der Waals surface area contributed by atoms with Crippen LogP contribution in [0.25, 0.3) is 0 Å². The van der Waals surface area contributed by atoms with Gasteiger partial charge in [0.1, 0.15) is 5.75 Å². The molecule has 0 fully saturated rings. The molecule has 0 saturated carbocycles. The fourth-order valence-electron chi connectivity index (χ4n) is 1.62. The summed E-state index contributed by atoms with van der Waals surface area (Å²) in [5.74, 6) is 0.560. The molecule has 4 heteroatoms. The number of carbonyl (C=O) groups excluding carboxylic acids is 1. The lowest BCUT2D eigenvalue weighted by molar-refractivity contribution is 0.197. The van der Waals surface area contributed by atoms with Crippen molar-refractivity contribution in [3.05, 3.63) is 47.3 Å². The molecule has 0 aliphatic carbocycles. The van der Waals surface area contributed by atoms with Gasteiger partial charge in [-0.2, -0.15) is 9.78 Å². The number of nitrogens with zero attached hydrogens (tertiary/aromatic N) is 2. The molecule has 17 heavy (non-hydrogen) atoms. The van der Waals surface area contributed by atoms with Gasteiger partial charge in [0.25, 0.3) is 0 Å². The van der Waals surface area contributed by atoms with Crippen molar-refractivity contribution in [1.29, 1.82) is 0 Å². The average molecular weight is 230 g/mol. The fraction of sp³-hybridized carbons (Fsp3) is 0.231. The second-order valence-electron chi connectivity index (χ2n) is 3.97. The Morgan fingerprint density at radius 1 is 1.24 bits per heavy atom. The lowest BCUT2D eigenvalue weighted by Crippen LogP contribution is -2.19. The normalized spacial score (nSPS) is 10.3. The largest absolute Gasteiger partial charge is 0.440 e. The van der Waals surface area contributed by atoms with E-state index in [4.69, 9.17) is 4.74 Å². The van der Waals surface area contributed by atoms with Gasteiger partial charge in [0.05, 0.1) is 5.69 Å². The summed E-state index contributed by atoms with van der Waals surface area (Å²) in [6, 6.07) is 9.22. The number of rotatable bonds is 1. The average Bonchev–Trinajstić information content (AvgIpc) is 2.61. The minimum absolute atomic E-state index is 0.482. The van der Waals surface area contributed by atoms with E-state index < -0.39 is 6.09 Å². The third-order valence-corrected chi connectivity index (χ3v) is 2.47. The Bertz CT molecular complexity index is 558. The van der Waals surface area contributed by atoms with Crippen molar-refractivity contribution in [2.45, 2.75) is 20.8 Å². The van der Waals surface area contributed by atoms with E-state index in [9.17, 15) is 4.79 Å². The molecule has 1 aromatic heterocycles. The van der Waals surface area contributed by atoms with Crippen LogP contribution in [-0.4, -0.2) is 15.9 Å². The van der Waals surface area contributed by atoms with Crippen molar-refractivity contribution in [2.75, 3.05) is 0 Å². The van der Waals surface area contributed by atoms with Gasteiger partial charge in [-0.05, 0) is 38.5 Å². The molecule has 0 aliphatic heterocycles. The van der Waals surface area contributed by atoms with E-state index in [0.29, 0.717) is 5.75 Å². The highest BCUT2D eigenvalue weighted by Crippen LogP contribution is 2.17. The smallest absolute Gasteiger partial charge is 0.408 e. The van der Waals surface area contributed by atoms with Gasteiger partial charge in [-0.1, -0.05) is 18.2 Å². The number of aryl methyl sites for hydroxylation is 3. The molecule has 88 valence electrons. The van der Waals surface area contributed by atoms with Gasteiger partial charge in [0.15, 0.2) is 0 Å². The standard InChI is InChI=1S/C13H14N2O2/c1-9-6-4-5-7-12(9)17-13(16)15-11(3)8-10(2)14-15/h4-8H,1-3H3. The molecule has 0 saturated heterocycles. The summed E-state index contributed by atoms with van der Waals surface area (Å²) in [6.45, 7) is 5.55. The van der Waals surface area contributed by atoms with Crippen LogP contribution in [0.1, 0.15) is 17.0 Å². The van der Waals surface area contributed by atoms with Crippen molar-refractivity contribution in [1.82, 2.24) is 9.78 Å². The summed E-state index contributed by atoms with van der Waals surface area (Å²) in [5, 5.41) is 4.08. The van der Waals surface area contributed by atoms with Crippen LogP contribution in [0.15, 0.2) is 30.3 Å². The maximum atomic E-state index is 11.9. The Hall–Kier alpha value is -2.10. The van der Waals surface area contributed by atoms with Crippen LogP contribution >= 0.6 is 0 Å². The third-order valence-electron chi connectivity index (χ3n) is 2.47. The van der Waals surface area contributed by atoms with Crippen molar-refractivity contribution >= 4 is 6.09 Å². The molecule has 0 aliphatic rings. The highest BCUT2D eigenvalue weighted by atomic mass is 16.6. The first-order valence-electron chi connectivity index (χ1n) is 5.39. The predicted octanol–water partition coefficient (Wildman–Crippen LogP) is 2.86. The molecule has 2 aromatic rings. The van der Waals surface area contributed by atoms with Crippen molar-refractivity contribution in [2.24, 2.45) is 0 Å². The number of carbonyl (C=O) groups is 1. The highest BCUT2D eigenvalue weighted by molar-refractivity contribution is 5.73. The summed E-state index contributed by atoms with van der Waals surface area (Å²) in [6.07, 6.45) is -0.482. The van der Waals surface area contributed by atoms with Gasteiger partial charge in [-0.25, -0.2) is 4.79 Å². The Balaban J connectivity index is 2.23. The van der Waals surface area contributed by atoms with E-state index in [0.717, 1.165) is 17.0 Å². The van der Waals surface area contributed by atoms with Crippen molar-refractivity contribution in [3.63, 3.8) is 0 Å². The number of aromatic nitrogens is 2. The molecule has 0 atom stereocenters. The van der Waals surface area contributed by atoms with E-state index in [1.165, 1.54) is 4.68 Å². The number of ether oxygens (including phenoxy) is 1. The summed E-state index contributed by atoms with van der Waals surface area (Å²) in [5.41, 5.74) is 2.48. The number of hydrogen-bond acceptors (Lipinski definition) is 3. The molecule has 0 spiro atoms. The summed E-state index contributed by atoms with van der Waals surface area (Å²) in [7, 11) is 0. The quantitative estimate of drug-likeness (QED) is 0.756. The van der Waals surface area contributed by atoms with E-state index in [2.05, 4.69) is 5.10 Å². The third kappa shape index (κ3) is 2.36. The first-order chi connectivity index (χ1) is 8.08. The van der Waals surface area contributed by atoms with E-state index in [-0.39, 0.29) is 0 Å². The van der Waals surface area contributed by atoms with Gasteiger partial charge in [0, 0.05) is 5.69 Å². The zero-order valence-corrected chi connectivity index (χ0v) is 10.1. The minimum Gasteiger partial charge on any atom is -0.408 e. The first-order valence-corrected chi connectivity index (χ1v) is 5.39. The van der Waals surface area contributed by atoms with E-state index in [1.54, 1.807) is 6.07 Å². The summed E-state index contributed by atoms with van der Waals surface area (Å²) >= 11 is 0. The van der Waals surface area contributed by atoms with Gasteiger partial charge in [-0.3, -0.25) is 0 Å². The molecule has 0 amide bonds. The number of benzene rings is 1. The van der Waals surface area contributed by atoms with Crippen LogP contribution in [0.3, 0.4) is 0 Å². The van der Waals surface area contributed by atoms with Gasteiger partial charge < -0.3 is 4.74 Å². The SMILES string of the molecule is Cc1cc(C)n(C(=O)Oc2ccccc2C)n1. The molecule has 0 unspecified atom stereocenters. The van der Waals surface area contributed by atoms with Crippen LogP contribution in [-0.2, 0) is 0 Å². The molecule has 1 aromatic carbocycles. The topological polar surface area (TPSA) is 44.1 Å². The molecule has 1 heterocycles. The van der Waals surface area contributed by atoms with Gasteiger partial charge in [-0.15, -0.1) is 0 Å². The Morgan fingerprint density at radius 2 is 1.94 bits per heavy atom. The molecular formula is C13H14N2O2. The van der Waals surface area contributed by atoms with E-state index in [1.807, 2.05) is 45.0 Å². The van der Waals surface area contributed by atoms with Gasteiger partial charge >= 0.3 is 6.09 Å². The van der Waals surface area contributed by atoms with Crippen LogP contribution in [0.2, 0.25) is 0 Å². The number of para-hydroxylation sites is 1. The highest BCUT2D eigenvalue weighted by Gasteiger charge is 2.13. The maximum absolute atomic E-state index is 11.9. The molecule has 0 bridgehead atoms. The Morgan fingerprint density at radius 3 is 2.53 bits per heavy atom. The molecule has 0 radical (unpaired) electrons. The van der Waals surface area contributed by atoms with Crippen LogP contribution in [0, 0.1) is 20.8 Å². The zero-order valence-electron chi connectivity index (χ0n) is 10.1. The minimum atomic E-state index is -0.482. The summed E-state index contributed by atoms with van der Waals surface area (Å²) in [4.78, 5) is 11.9. The molecule has 2 rings (SSSR count). The lowest BCUT2D eigenvalue weighted by atomic mass is 10.2. The second-order valence-corrected chi connectivity index (χ2v) is 3.97. The zero-order chi connectivity index (χ0) is 12.4. The van der Waals surface area contributed by atoms with Crippen LogP contribution in [0.5, 0.6) is 5.75 Å². The summed E-state index contributed by atoms with van der Waals surface area (Å²) < 4.78 is 6.55. The number of hydrogen-bond donors (Lipinski definition) is 0. The van der Waals surface area contributed by atoms with Crippen LogP contribution in [0.4, 0.5) is 4.79 Å². The van der Waals surface area contributed by atoms with Gasteiger partial charge in [0.2, 0.25) is 0 Å². The van der Waals surface area contributed by atoms with Crippen molar-refractivity contribution < 1.29 is 9.53 Å². The lowest BCUT2D eigenvalue weighted by Gasteiger charge is -2.07. The van der Waals surface area contributed by atoms with E-state index >= 15 is 0 Å². The first kappa shape index (κ1) is 11.4. The second kappa shape index (κ2) is 4.41. The molecule has 0 N–H and O–H groups in total. The maximum Gasteiger partial charge on any atom is 0.440 e.